The van der Waals surface area contributed by atoms with Crippen molar-refractivity contribution >= 4 is 34.5 Å². The maximum Gasteiger partial charge on any atom is 0.313 e. The van der Waals surface area contributed by atoms with Gasteiger partial charge in [0.15, 0.2) is 0 Å². The number of carbonyl (C=O) groups excluding carboxylic acids is 2. The van der Waals surface area contributed by atoms with E-state index >= 15 is 0 Å². The Bertz CT molecular complexity index is 711. The van der Waals surface area contributed by atoms with Gasteiger partial charge >= 0.3 is 11.8 Å². The van der Waals surface area contributed by atoms with Crippen LogP contribution < -0.4 is 15.5 Å². The molecular weight excluding hydrogens is 322 g/mol. The minimum absolute atomic E-state index is 0.183. The Morgan fingerprint density at radius 1 is 1.21 bits per heavy atom. The Hall–Kier alpha value is -2.34. The molecular formula is C18H23N3O2S. The predicted octanol–water partition coefficient (Wildman–Crippen LogP) is 2.98. The van der Waals surface area contributed by atoms with Gasteiger partial charge in [-0.3, -0.25) is 9.59 Å². The summed E-state index contributed by atoms with van der Waals surface area (Å²) in [6, 6.07) is 9.68. The highest BCUT2D eigenvalue weighted by Crippen LogP contribution is 2.21. The lowest BCUT2D eigenvalue weighted by Crippen LogP contribution is -2.37. The number of nitrogens with zero attached hydrogens (tertiary/aromatic N) is 1. The lowest BCUT2D eigenvalue weighted by molar-refractivity contribution is -0.136. The molecule has 0 fully saturated rings. The molecule has 0 aliphatic carbocycles. The van der Waals surface area contributed by atoms with Crippen LogP contribution in [-0.4, -0.2) is 32.5 Å². The van der Waals surface area contributed by atoms with Crippen LogP contribution in [0.25, 0.3) is 0 Å². The van der Waals surface area contributed by atoms with E-state index < -0.39 is 11.8 Å². The van der Waals surface area contributed by atoms with Crippen molar-refractivity contribution in [3.8, 4) is 0 Å². The number of amides is 2. The highest BCUT2D eigenvalue weighted by Gasteiger charge is 2.16. The molecule has 1 heterocycles. The molecule has 0 saturated carbocycles. The van der Waals surface area contributed by atoms with Gasteiger partial charge in [0.05, 0.1) is 0 Å². The van der Waals surface area contributed by atoms with Crippen LogP contribution in [0.3, 0.4) is 0 Å². The number of rotatable bonds is 5. The van der Waals surface area contributed by atoms with Gasteiger partial charge in [-0.15, -0.1) is 11.3 Å². The summed E-state index contributed by atoms with van der Waals surface area (Å²) >= 11 is 1.64. The summed E-state index contributed by atoms with van der Waals surface area (Å²) in [4.78, 5) is 27.2. The van der Waals surface area contributed by atoms with Crippen molar-refractivity contribution in [1.82, 2.24) is 5.32 Å². The van der Waals surface area contributed by atoms with Crippen LogP contribution in [0.2, 0.25) is 0 Å². The monoisotopic (exact) mass is 345 g/mol. The maximum absolute atomic E-state index is 12.1. The summed E-state index contributed by atoms with van der Waals surface area (Å²) in [6.07, 6.45) is 0. The van der Waals surface area contributed by atoms with E-state index in [2.05, 4.69) is 10.6 Å². The van der Waals surface area contributed by atoms with Crippen LogP contribution >= 0.6 is 11.3 Å². The highest BCUT2D eigenvalue weighted by atomic mass is 32.1. The van der Waals surface area contributed by atoms with E-state index in [-0.39, 0.29) is 5.92 Å². The normalized spacial score (nSPS) is 11.7. The van der Waals surface area contributed by atoms with Crippen LogP contribution in [0.1, 0.15) is 23.3 Å². The van der Waals surface area contributed by atoms with E-state index in [0.29, 0.717) is 12.2 Å². The summed E-state index contributed by atoms with van der Waals surface area (Å²) in [5, 5.41) is 7.36. The number of hydrogen-bond donors (Lipinski definition) is 2. The summed E-state index contributed by atoms with van der Waals surface area (Å²) < 4.78 is 0. The SMILES string of the molecule is Cc1cc(N(C)C)ccc1NC(=O)C(=O)NC[C@H](C)c1cccs1. The molecule has 0 aliphatic rings. The van der Waals surface area contributed by atoms with Crippen molar-refractivity contribution in [1.29, 1.82) is 0 Å². The molecule has 0 aliphatic heterocycles. The van der Waals surface area contributed by atoms with E-state index in [1.54, 1.807) is 11.3 Å². The van der Waals surface area contributed by atoms with Crippen LogP contribution in [0.4, 0.5) is 11.4 Å². The number of aryl methyl sites for hydroxylation is 1. The number of carbonyl (C=O) groups is 2. The molecule has 1 atom stereocenters. The molecule has 0 unspecified atom stereocenters. The molecule has 2 aromatic rings. The molecule has 2 N–H and O–H groups in total. The minimum atomic E-state index is -0.644. The minimum Gasteiger partial charge on any atom is -0.378 e. The number of thiophene rings is 1. The van der Waals surface area contributed by atoms with Gasteiger partial charge in [-0.2, -0.15) is 0 Å². The molecule has 0 spiro atoms. The van der Waals surface area contributed by atoms with Crippen LogP contribution in [0.5, 0.6) is 0 Å². The summed E-state index contributed by atoms with van der Waals surface area (Å²) in [5.41, 5.74) is 2.60. The zero-order valence-electron chi connectivity index (χ0n) is 14.4. The molecule has 5 nitrogen and oxygen atoms in total. The van der Waals surface area contributed by atoms with Crippen LogP contribution in [-0.2, 0) is 9.59 Å². The average molecular weight is 345 g/mol. The Labute approximate surface area is 146 Å². The second-order valence-electron chi connectivity index (χ2n) is 5.97. The first-order chi connectivity index (χ1) is 11.4. The number of benzene rings is 1. The number of anilines is 2. The van der Waals surface area contributed by atoms with Gasteiger partial charge in [-0.05, 0) is 42.1 Å². The second-order valence-corrected chi connectivity index (χ2v) is 6.95. The average Bonchev–Trinajstić information content (AvgIpc) is 3.08. The van der Waals surface area contributed by atoms with Gasteiger partial charge in [0.25, 0.3) is 0 Å². The zero-order valence-corrected chi connectivity index (χ0v) is 15.2. The first-order valence-corrected chi connectivity index (χ1v) is 8.67. The first kappa shape index (κ1) is 18.0. The van der Waals surface area contributed by atoms with Crippen LogP contribution in [0, 0.1) is 6.92 Å². The Morgan fingerprint density at radius 2 is 1.96 bits per heavy atom. The van der Waals surface area contributed by atoms with Crippen molar-refractivity contribution < 1.29 is 9.59 Å². The third-order valence-corrected chi connectivity index (χ3v) is 4.88. The first-order valence-electron chi connectivity index (χ1n) is 7.79. The van der Waals surface area contributed by atoms with Gasteiger partial charge in [-0.25, -0.2) is 0 Å². The highest BCUT2D eigenvalue weighted by molar-refractivity contribution is 7.10. The fourth-order valence-corrected chi connectivity index (χ4v) is 3.03. The molecule has 1 aromatic carbocycles. The molecule has 1 aromatic heterocycles. The number of hydrogen-bond acceptors (Lipinski definition) is 4. The smallest absolute Gasteiger partial charge is 0.313 e. The fraction of sp³-hybridized carbons (Fsp3) is 0.333. The van der Waals surface area contributed by atoms with E-state index in [0.717, 1.165) is 11.3 Å². The molecule has 6 heteroatoms. The number of nitrogens with one attached hydrogen (secondary N) is 2. The molecule has 0 bridgehead atoms. The van der Waals surface area contributed by atoms with Gasteiger partial charge in [0.1, 0.15) is 0 Å². The quantitative estimate of drug-likeness (QED) is 0.819. The van der Waals surface area contributed by atoms with Crippen molar-refractivity contribution in [2.45, 2.75) is 19.8 Å². The van der Waals surface area contributed by atoms with Crippen molar-refractivity contribution in [2.24, 2.45) is 0 Å². The molecule has 0 radical (unpaired) electrons. The third-order valence-electron chi connectivity index (χ3n) is 3.78. The molecule has 2 amide bonds. The van der Waals surface area contributed by atoms with Gasteiger partial charge < -0.3 is 15.5 Å². The Balaban J connectivity index is 1.91. The molecule has 128 valence electrons. The van der Waals surface area contributed by atoms with Gasteiger partial charge in [0.2, 0.25) is 0 Å². The molecule has 2 rings (SSSR count). The largest absolute Gasteiger partial charge is 0.378 e. The van der Waals surface area contributed by atoms with E-state index in [4.69, 9.17) is 0 Å². The van der Waals surface area contributed by atoms with E-state index in [1.807, 2.05) is 68.6 Å². The standard InChI is InChI=1S/C18H23N3O2S/c1-12-10-14(21(3)4)7-8-15(12)20-18(23)17(22)19-11-13(2)16-6-5-9-24-16/h5-10,13H,11H2,1-4H3,(H,19,22)(H,20,23)/t13-/m0/s1. The summed E-state index contributed by atoms with van der Waals surface area (Å²) in [7, 11) is 3.91. The second kappa shape index (κ2) is 7.97. The van der Waals surface area contributed by atoms with Crippen molar-refractivity contribution in [3.63, 3.8) is 0 Å². The van der Waals surface area contributed by atoms with Crippen molar-refractivity contribution in [2.75, 3.05) is 30.9 Å². The molecule has 24 heavy (non-hydrogen) atoms. The maximum atomic E-state index is 12.1. The van der Waals surface area contributed by atoms with Crippen molar-refractivity contribution in [3.05, 3.63) is 46.2 Å². The topological polar surface area (TPSA) is 61.4 Å². The fourth-order valence-electron chi connectivity index (χ4n) is 2.24. The van der Waals surface area contributed by atoms with E-state index in [9.17, 15) is 9.59 Å². The zero-order chi connectivity index (χ0) is 17.7. The third kappa shape index (κ3) is 4.58. The van der Waals surface area contributed by atoms with E-state index in [1.165, 1.54) is 4.88 Å². The predicted molar refractivity (Wildman–Crippen MR) is 99.9 cm³/mol. The lowest BCUT2D eigenvalue weighted by atomic mass is 10.1. The molecule has 0 saturated heterocycles. The van der Waals surface area contributed by atoms with Gasteiger partial charge in [-0.1, -0.05) is 13.0 Å². The van der Waals surface area contributed by atoms with Crippen LogP contribution in [0.15, 0.2) is 35.7 Å². The Morgan fingerprint density at radius 3 is 2.54 bits per heavy atom. The summed E-state index contributed by atoms with van der Waals surface area (Å²) in [6.45, 7) is 4.36. The Kier molecular flexibility index (Phi) is 5.98. The lowest BCUT2D eigenvalue weighted by Gasteiger charge is -2.15. The summed E-state index contributed by atoms with van der Waals surface area (Å²) in [5.74, 6) is -1.08. The van der Waals surface area contributed by atoms with Gasteiger partial charge in [0, 0.05) is 42.8 Å².